The SMILES string of the molecule is CC.Cc1c(C(=O)N(C)C)c2cccc3c2n1C(C)CO3. The van der Waals surface area contributed by atoms with Crippen LogP contribution in [0.25, 0.3) is 10.9 Å². The molecule has 1 aromatic carbocycles. The van der Waals surface area contributed by atoms with Gasteiger partial charge in [0.05, 0.1) is 17.1 Å². The lowest BCUT2D eigenvalue weighted by molar-refractivity contribution is 0.0828. The van der Waals surface area contributed by atoms with E-state index in [9.17, 15) is 4.79 Å². The monoisotopic (exact) mass is 288 g/mol. The fraction of sp³-hybridized carbons (Fsp3) is 0.471. The van der Waals surface area contributed by atoms with Crippen LogP contribution in [0.4, 0.5) is 0 Å². The highest BCUT2D eigenvalue weighted by atomic mass is 16.5. The van der Waals surface area contributed by atoms with E-state index in [0.29, 0.717) is 6.61 Å². The highest BCUT2D eigenvalue weighted by molar-refractivity contribution is 6.09. The molecule has 4 heteroatoms. The van der Waals surface area contributed by atoms with Crippen molar-refractivity contribution < 1.29 is 9.53 Å². The molecule has 21 heavy (non-hydrogen) atoms. The molecule has 1 aliphatic rings. The van der Waals surface area contributed by atoms with Crippen LogP contribution in [0.5, 0.6) is 5.75 Å². The van der Waals surface area contributed by atoms with Crippen LogP contribution in [-0.4, -0.2) is 36.1 Å². The molecular weight excluding hydrogens is 264 g/mol. The lowest BCUT2D eigenvalue weighted by Crippen LogP contribution is -2.23. The number of hydrogen-bond acceptors (Lipinski definition) is 2. The minimum absolute atomic E-state index is 0.0486. The standard InChI is InChI=1S/C15H18N2O2.C2H6/c1-9-8-19-12-7-5-6-11-13(15(18)16(3)4)10(2)17(9)14(11)12;1-2/h5-7,9H,8H2,1-4H3;1-2H3. The second-order valence-electron chi connectivity index (χ2n) is 5.34. The van der Waals surface area contributed by atoms with E-state index in [1.807, 2.05) is 39.0 Å². The van der Waals surface area contributed by atoms with Crippen molar-refractivity contribution >= 4 is 16.8 Å². The molecule has 0 saturated carbocycles. The van der Waals surface area contributed by atoms with E-state index in [1.165, 1.54) is 0 Å². The number of carbonyl (C=O) groups excluding carboxylic acids is 1. The summed E-state index contributed by atoms with van der Waals surface area (Å²) < 4.78 is 8.00. The lowest BCUT2D eigenvalue weighted by Gasteiger charge is -2.24. The first-order valence-electron chi connectivity index (χ1n) is 7.50. The zero-order chi connectivity index (χ0) is 15.7. The zero-order valence-electron chi connectivity index (χ0n) is 13.7. The Morgan fingerprint density at radius 2 is 2.00 bits per heavy atom. The van der Waals surface area contributed by atoms with E-state index >= 15 is 0 Å². The number of aromatic nitrogens is 1. The van der Waals surface area contributed by atoms with Crippen molar-refractivity contribution in [1.82, 2.24) is 9.47 Å². The zero-order valence-corrected chi connectivity index (χ0v) is 13.7. The number of rotatable bonds is 1. The van der Waals surface area contributed by atoms with Crippen molar-refractivity contribution in [2.75, 3.05) is 20.7 Å². The van der Waals surface area contributed by atoms with Gasteiger partial charge in [-0.25, -0.2) is 0 Å². The molecule has 0 bridgehead atoms. The third-order valence-corrected chi connectivity index (χ3v) is 3.77. The molecule has 1 aliphatic heterocycles. The predicted molar refractivity (Wildman–Crippen MR) is 86.2 cm³/mol. The Morgan fingerprint density at radius 3 is 2.62 bits per heavy atom. The average molecular weight is 288 g/mol. The number of carbonyl (C=O) groups is 1. The molecule has 1 atom stereocenters. The van der Waals surface area contributed by atoms with Crippen molar-refractivity contribution in [3.05, 3.63) is 29.5 Å². The van der Waals surface area contributed by atoms with Gasteiger partial charge in [0.15, 0.2) is 0 Å². The number of hydrogen-bond donors (Lipinski definition) is 0. The van der Waals surface area contributed by atoms with Gasteiger partial charge in [0.1, 0.15) is 12.4 Å². The first-order chi connectivity index (χ1) is 10.0. The van der Waals surface area contributed by atoms with Crippen molar-refractivity contribution in [2.45, 2.75) is 33.7 Å². The van der Waals surface area contributed by atoms with Crippen molar-refractivity contribution in [2.24, 2.45) is 0 Å². The van der Waals surface area contributed by atoms with Crippen molar-refractivity contribution in [3.8, 4) is 5.75 Å². The second-order valence-corrected chi connectivity index (χ2v) is 5.34. The number of benzene rings is 1. The van der Waals surface area contributed by atoms with Crippen molar-refractivity contribution in [3.63, 3.8) is 0 Å². The van der Waals surface area contributed by atoms with Crippen LogP contribution < -0.4 is 4.74 Å². The van der Waals surface area contributed by atoms with Gasteiger partial charge in [-0.15, -0.1) is 0 Å². The molecule has 1 amide bonds. The fourth-order valence-corrected chi connectivity index (χ4v) is 2.90. The van der Waals surface area contributed by atoms with Gasteiger partial charge >= 0.3 is 0 Å². The molecule has 0 fully saturated rings. The Kier molecular flexibility index (Phi) is 4.26. The quantitative estimate of drug-likeness (QED) is 0.803. The third kappa shape index (κ3) is 2.28. The molecular formula is C17H24N2O2. The summed E-state index contributed by atoms with van der Waals surface area (Å²) in [5.74, 6) is 0.920. The van der Waals surface area contributed by atoms with E-state index in [0.717, 1.165) is 27.9 Å². The highest BCUT2D eigenvalue weighted by Gasteiger charge is 2.28. The van der Waals surface area contributed by atoms with Crippen LogP contribution >= 0.6 is 0 Å². The number of ether oxygens (including phenoxy) is 1. The van der Waals surface area contributed by atoms with Crippen LogP contribution in [0.3, 0.4) is 0 Å². The maximum atomic E-state index is 12.4. The Balaban J connectivity index is 0.000000774. The molecule has 4 nitrogen and oxygen atoms in total. The molecule has 0 aliphatic carbocycles. The normalized spacial score (nSPS) is 16.0. The summed E-state index contributed by atoms with van der Waals surface area (Å²) in [6.07, 6.45) is 0. The number of amides is 1. The maximum Gasteiger partial charge on any atom is 0.255 e. The van der Waals surface area contributed by atoms with E-state index in [-0.39, 0.29) is 11.9 Å². The topological polar surface area (TPSA) is 34.5 Å². The van der Waals surface area contributed by atoms with Crippen LogP contribution in [-0.2, 0) is 0 Å². The molecule has 0 spiro atoms. The van der Waals surface area contributed by atoms with Gasteiger partial charge in [-0.1, -0.05) is 26.0 Å². The Morgan fingerprint density at radius 1 is 1.33 bits per heavy atom. The van der Waals surface area contributed by atoms with Gasteiger partial charge in [0.25, 0.3) is 5.91 Å². The molecule has 2 aromatic rings. The predicted octanol–water partition coefficient (Wildman–Crippen LogP) is 3.63. The van der Waals surface area contributed by atoms with Gasteiger partial charge in [-0.3, -0.25) is 4.79 Å². The fourth-order valence-electron chi connectivity index (χ4n) is 2.90. The highest BCUT2D eigenvalue weighted by Crippen LogP contribution is 2.38. The van der Waals surface area contributed by atoms with E-state index in [1.54, 1.807) is 19.0 Å². The lowest BCUT2D eigenvalue weighted by atomic mass is 10.1. The average Bonchev–Trinajstić information content (AvgIpc) is 2.79. The summed E-state index contributed by atoms with van der Waals surface area (Å²) in [6.45, 7) is 8.78. The minimum Gasteiger partial charge on any atom is -0.489 e. The summed E-state index contributed by atoms with van der Waals surface area (Å²) in [6, 6.07) is 6.17. The molecule has 2 heterocycles. The molecule has 0 N–H and O–H groups in total. The van der Waals surface area contributed by atoms with Crippen molar-refractivity contribution in [1.29, 1.82) is 0 Å². The van der Waals surface area contributed by atoms with Crippen LogP contribution in [0.15, 0.2) is 18.2 Å². The Bertz CT molecular complexity index is 671. The molecule has 0 saturated heterocycles. The van der Waals surface area contributed by atoms with Gasteiger partial charge in [0, 0.05) is 25.2 Å². The molecule has 1 aromatic heterocycles. The number of para-hydroxylation sites is 1. The summed E-state index contributed by atoms with van der Waals surface area (Å²) in [4.78, 5) is 14.0. The Hall–Kier alpha value is -1.97. The largest absolute Gasteiger partial charge is 0.489 e. The summed E-state index contributed by atoms with van der Waals surface area (Å²) in [5, 5.41) is 0.986. The van der Waals surface area contributed by atoms with Gasteiger partial charge in [-0.05, 0) is 19.9 Å². The summed E-state index contributed by atoms with van der Waals surface area (Å²) in [7, 11) is 3.57. The van der Waals surface area contributed by atoms with E-state index < -0.39 is 0 Å². The number of nitrogens with zero attached hydrogens (tertiary/aromatic N) is 2. The van der Waals surface area contributed by atoms with Crippen LogP contribution in [0.1, 0.15) is 42.9 Å². The van der Waals surface area contributed by atoms with Gasteiger partial charge < -0.3 is 14.2 Å². The van der Waals surface area contributed by atoms with Crippen LogP contribution in [0, 0.1) is 6.92 Å². The van der Waals surface area contributed by atoms with E-state index in [2.05, 4.69) is 11.5 Å². The second kappa shape index (κ2) is 5.80. The van der Waals surface area contributed by atoms with E-state index in [4.69, 9.17) is 4.74 Å². The molecule has 114 valence electrons. The van der Waals surface area contributed by atoms with Gasteiger partial charge in [-0.2, -0.15) is 0 Å². The third-order valence-electron chi connectivity index (χ3n) is 3.77. The van der Waals surface area contributed by atoms with Crippen LogP contribution in [0.2, 0.25) is 0 Å². The summed E-state index contributed by atoms with van der Waals surface area (Å²) in [5.41, 5.74) is 2.86. The Labute approximate surface area is 126 Å². The first-order valence-corrected chi connectivity index (χ1v) is 7.50. The molecule has 1 unspecified atom stereocenters. The maximum absolute atomic E-state index is 12.4. The first kappa shape index (κ1) is 15.4. The minimum atomic E-state index is 0.0486. The van der Waals surface area contributed by atoms with Gasteiger partial charge in [0.2, 0.25) is 0 Å². The smallest absolute Gasteiger partial charge is 0.255 e. The summed E-state index contributed by atoms with van der Waals surface area (Å²) >= 11 is 0. The molecule has 0 radical (unpaired) electrons. The molecule has 3 rings (SSSR count).